The van der Waals surface area contributed by atoms with Gasteiger partial charge in [-0.1, -0.05) is 52.7 Å². The quantitative estimate of drug-likeness (QED) is 0.0710. The first-order valence-electron chi connectivity index (χ1n) is 23.4. The van der Waals surface area contributed by atoms with E-state index in [-0.39, 0.29) is 64.9 Å². The molecule has 8 fully saturated rings. The summed E-state index contributed by atoms with van der Waals surface area (Å²) in [5.74, 6) is -0.0147. The Labute approximate surface area is 396 Å². The molecule has 9 aliphatic rings. The molecule has 5 heterocycles. The van der Waals surface area contributed by atoms with Gasteiger partial charge in [0.25, 0.3) is 0 Å². The first kappa shape index (κ1) is 50.0. The van der Waals surface area contributed by atoms with Crippen LogP contribution in [0.25, 0.3) is 0 Å². The van der Waals surface area contributed by atoms with Crippen molar-refractivity contribution in [1.82, 2.24) is 0 Å². The Balaban J connectivity index is 0.00000560. The number of carbonyl (C=O) groups is 1. The summed E-state index contributed by atoms with van der Waals surface area (Å²) in [5, 5.41) is 100. The molecule has 27 atom stereocenters. The van der Waals surface area contributed by atoms with E-state index in [1.807, 2.05) is 0 Å². The minimum Gasteiger partial charge on any atom is -0.547 e. The predicted molar refractivity (Wildman–Crippen MR) is 212 cm³/mol. The number of allylic oxidation sites excluding steroid dienone is 1. The van der Waals surface area contributed by atoms with Crippen molar-refractivity contribution in [1.29, 1.82) is 0 Å². The second-order valence-corrected chi connectivity index (χ2v) is 20.9. The molecule has 0 spiro atoms. The SMILES string of the molecule is CCC(C)[C@@H]1O[C@H]1C(C)[C@H]1CCC2C3=C[C@H]4OCC5OC(OC6C(OC(CO)C(O)C6O)OC6C(OC(C(=O)[O-])C(O)C6O)O[C@H]6CC[C@](C)(C3CC[C@@]21C)C4C6)C(O)C(O)C5O.[Na+]. The molecule has 0 aromatic heterocycles. The zero-order valence-corrected chi connectivity index (χ0v) is 39.7. The molecular weight excluding hydrogens is 851 g/mol. The topological polar surface area (TPSA) is 279 Å². The number of ether oxygens (including phenoxy) is 8. The van der Waals surface area contributed by atoms with Gasteiger partial charge >= 0.3 is 29.6 Å². The molecule has 5 aliphatic heterocycles. The van der Waals surface area contributed by atoms with Gasteiger partial charge in [-0.15, -0.1) is 0 Å². The van der Waals surface area contributed by atoms with Gasteiger partial charge in [0.15, 0.2) is 18.9 Å². The number of fused-ring (bicyclic) bond motifs is 9. The maximum atomic E-state index is 12.2. The van der Waals surface area contributed by atoms with Crippen LogP contribution in [0, 0.1) is 46.3 Å². The smallest absolute Gasteiger partial charge is 0.547 e. The molecule has 9 rings (SSSR count). The van der Waals surface area contributed by atoms with Crippen LogP contribution >= 0.6 is 0 Å². The number of carboxylic acid groups (broad SMARTS) is 1. The molecule has 0 amide bonds. The summed E-state index contributed by atoms with van der Waals surface area (Å²) in [5.41, 5.74) is 1.14. The van der Waals surface area contributed by atoms with E-state index in [0.717, 1.165) is 32.1 Å². The zero-order valence-electron chi connectivity index (χ0n) is 37.7. The fourth-order valence-electron chi connectivity index (χ4n) is 13.7. The molecule has 358 valence electrons. The molecule has 8 N–H and O–H groups in total. The Bertz CT molecular complexity index is 1690. The molecule has 4 bridgehead atoms. The molecule has 20 unspecified atom stereocenters. The van der Waals surface area contributed by atoms with Gasteiger partial charge in [0, 0.05) is 0 Å². The van der Waals surface area contributed by atoms with E-state index >= 15 is 0 Å². The van der Waals surface area contributed by atoms with Crippen molar-refractivity contribution in [3.05, 3.63) is 11.6 Å². The molecule has 19 heteroatoms. The number of epoxide rings is 1. The van der Waals surface area contributed by atoms with Crippen molar-refractivity contribution < 1.29 is 118 Å². The van der Waals surface area contributed by atoms with Crippen molar-refractivity contribution in [3.8, 4) is 0 Å². The zero-order chi connectivity index (χ0) is 45.0. The van der Waals surface area contributed by atoms with Gasteiger partial charge in [0.2, 0.25) is 0 Å². The van der Waals surface area contributed by atoms with Gasteiger partial charge in [-0.05, 0) is 91.3 Å². The van der Waals surface area contributed by atoms with E-state index in [2.05, 4.69) is 40.7 Å². The molecule has 64 heavy (non-hydrogen) atoms. The average Bonchev–Trinajstić information content (AvgIpc) is 3.98. The number of hydrogen-bond donors (Lipinski definition) is 8. The van der Waals surface area contributed by atoms with E-state index in [9.17, 15) is 50.8 Å². The summed E-state index contributed by atoms with van der Waals surface area (Å²) in [4.78, 5) is 12.2. The summed E-state index contributed by atoms with van der Waals surface area (Å²) in [6, 6.07) is 0. The number of hydrogen-bond acceptors (Lipinski definition) is 18. The third-order valence-corrected chi connectivity index (χ3v) is 17.7. The fourth-order valence-corrected chi connectivity index (χ4v) is 13.7. The van der Waals surface area contributed by atoms with E-state index in [0.29, 0.717) is 49.0 Å². The van der Waals surface area contributed by atoms with Crippen LogP contribution in [0.4, 0.5) is 0 Å². The standard InChI is InChI=1S/C45H70O18.Na/c1-6-17(2)35-36(60-35)18(3)21-7-8-22-20-14-25-24-13-19(9-11-45(24,5)23(20)10-12-44(21,22)4)57-42-39(33(52)32(51)37(61-42)40(54)55)63-43-38(31(50)28(47)26(15-46)58-43)62-41-34(53)30(49)29(48)27(59-41)16-56-25;/h14,17-19,21-39,41-43,46-53H,6-13,15-16H2,1-5H3,(H,54,55);/q;+1/p-1/t17?,18?,19-,21+,22?,23?,24?,25+,26?,27?,28?,29?,30?,31?,32?,33?,34?,35-,36-,37?,38?,39?,41?,42?,43?,44+,45+;/m0./s1. The van der Waals surface area contributed by atoms with Crippen LogP contribution in [0.15, 0.2) is 11.6 Å². The fraction of sp³-hybridized carbons (Fsp3) is 0.933. The van der Waals surface area contributed by atoms with E-state index < -0.39 is 117 Å². The van der Waals surface area contributed by atoms with Gasteiger partial charge in [-0.2, -0.15) is 0 Å². The molecule has 0 aromatic carbocycles. The predicted octanol–water partition coefficient (Wildman–Crippen LogP) is -4.37. The maximum Gasteiger partial charge on any atom is 1.00 e. The summed E-state index contributed by atoms with van der Waals surface area (Å²) in [6.45, 7) is 10.6. The van der Waals surface area contributed by atoms with E-state index in [1.54, 1.807) is 0 Å². The van der Waals surface area contributed by atoms with Crippen molar-refractivity contribution in [3.63, 3.8) is 0 Å². The Morgan fingerprint density at radius 2 is 1.39 bits per heavy atom. The summed E-state index contributed by atoms with van der Waals surface area (Å²) in [6.07, 6.45) is -17.9. The number of aliphatic carboxylic acids is 1. The van der Waals surface area contributed by atoms with Crippen LogP contribution in [0.2, 0.25) is 0 Å². The molecule has 18 nitrogen and oxygen atoms in total. The van der Waals surface area contributed by atoms with Gasteiger partial charge in [-0.25, -0.2) is 0 Å². The minimum atomic E-state index is -2.07. The maximum absolute atomic E-state index is 12.2. The molecule has 3 saturated carbocycles. The molecular formula is C45H69NaO18. The Hall–Kier alpha value is -0.430. The molecule has 0 aromatic rings. The Kier molecular flexibility index (Phi) is 14.9. The first-order chi connectivity index (χ1) is 29.9. The van der Waals surface area contributed by atoms with Crippen molar-refractivity contribution in [2.45, 2.75) is 203 Å². The van der Waals surface area contributed by atoms with Crippen LogP contribution < -0.4 is 34.7 Å². The van der Waals surface area contributed by atoms with Gasteiger partial charge < -0.3 is 88.6 Å². The van der Waals surface area contributed by atoms with Crippen molar-refractivity contribution in [2.75, 3.05) is 13.2 Å². The summed E-state index contributed by atoms with van der Waals surface area (Å²) < 4.78 is 49.6. The first-order valence-corrected chi connectivity index (χ1v) is 23.4. The molecule has 0 radical (unpaired) electrons. The van der Waals surface area contributed by atoms with Crippen LogP contribution in [0.1, 0.15) is 86.0 Å². The minimum absolute atomic E-state index is 0. The van der Waals surface area contributed by atoms with Crippen LogP contribution in [-0.2, 0) is 42.7 Å². The number of aliphatic hydroxyl groups excluding tert-OH is 8. The largest absolute Gasteiger partial charge is 1.00 e. The number of rotatable bonds is 6. The summed E-state index contributed by atoms with van der Waals surface area (Å²) >= 11 is 0. The Morgan fingerprint density at radius 1 is 0.734 bits per heavy atom. The second-order valence-electron chi connectivity index (χ2n) is 20.9. The van der Waals surface area contributed by atoms with Crippen LogP contribution in [0.5, 0.6) is 0 Å². The number of carbonyl (C=O) groups excluding carboxylic acids is 1. The molecule has 4 aliphatic carbocycles. The van der Waals surface area contributed by atoms with E-state index in [4.69, 9.17) is 37.9 Å². The van der Waals surface area contributed by atoms with Crippen molar-refractivity contribution >= 4 is 5.97 Å². The van der Waals surface area contributed by atoms with Gasteiger partial charge in [0.05, 0.1) is 43.6 Å². The number of aliphatic hydroxyl groups is 8. The monoisotopic (exact) mass is 920 g/mol. The normalized spacial score (nSPS) is 54.6. The van der Waals surface area contributed by atoms with E-state index in [1.165, 1.54) is 5.57 Å². The summed E-state index contributed by atoms with van der Waals surface area (Å²) in [7, 11) is 0. The molecule has 5 saturated heterocycles. The van der Waals surface area contributed by atoms with Gasteiger partial charge in [-0.3, -0.25) is 0 Å². The van der Waals surface area contributed by atoms with Gasteiger partial charge in [0.1, 0.15) is 73.2 Å². The third kappa shape index (κ3) is 8.44. The number of carboxylic acids is 1. The van der Waals surface area contributed by atoms with Crippen LogP contribution in [0.3, 0.4) is 0 Å². The third-order valence-electron chi connectivity index (χ3n) is 17.7. The Morgan fingerprint density at radius 3 is 2.08 bits per heavy atom. The van der Waals surface area contributed by atoms with Crippen LogP contribution in [-0.4, -0.2) is 177 Å². The average molecular weight is 921 g/mol. The second kappa shape index (κ2) is 19.1. The van der Waals surface area contributed by atoms with Crippen molar-refractivity contribution in [2.24, 2.45) is 46.3 Å².